The molecule has 0 radical (unpaired) electrons. The third kappa shape index (κ3) is 1.75. The Hall–Kier alpha value is -2.08. The van der Waals surface area contributed by atoms with Gasteiger partial charge in [0.15, 0.2) is 0 Å². The number of nitrogens with zero attached hydrogens (tertiary/aromatic N) is 1. The monoisotopic (exact) mass is 198 g/mol. The Morgan fingerprint density at radius 1 is 1.47 bits per heavy atom. The highest BCUT2D eigenvalue weighted by Crippen LogP contribution is 2.32. The zero-order valence-electron chi connectivity index (χ0n) is 8.16. The lowest BCUT2D eigenvalue weighted by Gasteiger charge is -2.00. The number of rotatable bonds is 1. The van der Waals surface area contributed by atoms with Gasteiger partial charge in [-0.3, -0.25) is 4.79 Å². The molecule has 15 heavy (non-hydrogen) atoms. The molecule has 0 aromatic heterocycles. The number of hydrogen-bond donors (Lipinski definition) is 1. The standard InChI is InChI=1S/C12H10N2O/c13-7-8-1-2-9-3-4-10(6-12(14)15)11(9)5-8/h1-2,5-6H,3-4H2,(H2,14,15)/b10-6-. The maximum absolute atomic E-state index is 10.8. The van der Waals surface area contributed by atoms with E-state index in [0.717, 1.165) is 24.0 Å². The van der Waals surface area contributed by atoms with Crippen LogP contribution in [-0.2, 0) is 11.2 Å². The molecule has 1 amide bonds. The number of nitrogens with two attached hydrogens (primary N) is 1. The number of allylic oxidation sites excluding steroid dienone is 1. The summed E-state index contributed by atoms with van der Waals surface area (Å²) in [5, 5.41) is 8.78. The van der Waals surface area contributed by atoms with E-state index in [1.54, 1.807) is 6.07 Å². The third-order valence-corrected chi connectivity index (χ3v) is 2.57. The molecular formula is C12H10N2O. The molecule has 0 heterocycles. The minimum atomic E-state index is -0.430. The molecule has 0 spiro atoms. The first-order valence-electron chi connectivity index (χ1n) is 4.74. The number of amides is 1. The van der Waals surface area contributed by atoms with Crippen LogP contribution in [0.4, 0.5) is 0 Å². The van der Waals surface area contributed by atoms with Gasteiger partial charge in [0.05, 0.1) is 11.6 Å². The lowest BCUT2D eigenvalue weighted by atomic mass is 10.0. The van der Waals surface area contributed by atoms with Crippen molar-refractivity contribution in [1.29, 1.82) is 5.26 Å². The molecule has 0 saturated heterocycles. The van der Waals surface area contributed by atoms with Crippen molar-refractivity contribution in [3.05, 3.63) is 41.0 Å². The smallest absolute Gasteiger partial charge is 0.241 e. The molecule has 0 unspecified atom stereocenters. The van der Waals surface area contributed by atoms with Gasteiger partial charge < -0.3 is 5.73 Å². The molecule has 3 heteroatoms. The van der Waals surface area contributed by atoms with Crippen molar-refractivity contribution in [2.24, 2.45) is 5.73 Å². The number of benzene rings is 1. The van der Waals surface area contributed by atoms with Crippen molar-refractivity contribution in [2.45, 2.75) is 12.8 Å². The Bertz CT molecular complexity index is 495. The van der Waals surface area contributed by atoms with Crippen LogP contribution in [0.1, 0.15) is 23.1 Å². The lowest BCUT2D eigenvalue weighted by Crippen LogP contribution is -2.06. The highest BCUT2D eigenvalue weighted by molar-refractivity contribution is 5.95. The first kappa shape index (κ1) is 9.47. The predicted molar refractivity (Wildman–Crippen MR) is 56.6 cm³/mol. The van der Waals surface area contributed by atoms with Gasteiger partial charge in [0, 0.05) is 6.08 Å². The summed E-state index contributed by atoms with van der Waals surface area (Å²) in [5.74, 6) is -0.430. The van der Waals surface area contributed by atoms with Gasteiger partial charge >= 0.3 is 0 Å². The van der Waals surface area contributed by atoms with E-state index in [1.807, 2.05) is 12.1 Å². The number of nitriles is 1. The van der Waals surface area contributed by atoms with E-state index in [4.69, 9.17) is 11.0 Å². The number of primary amides is 1. The van der Waals surface area contributed by atoms with Crippen molar-refractivity contribution in [1.82, 2.24) is 0 Å². The Morgan fingerprint density at radius 3 is 2.93 bits per heavy atom. The minimum Gasteiger partial charge on any atom is -0.366 e. The molecule has 3 nitrogen and oxygen atoms in total. The van der Waals surface area contributed by atoms with E-state index in [2.05, 4.69) is 6.07 Å². The van der Waals surface area contributed by atoms with Crippen molar-refractivity contribution in [3.8, 4) is 6.07 Å². The molecule has 0 saturated carbocycles. The van der Waals surface area contributed by atoms with Crippen LogP contribution in [0.15, 0.2) is 24.3 Å². The van der Waals surface area contributed by atoms with Crippen molar-refractivity contribution in [3.63, 3.8) is 0 Å². The molecule has 2 rings (SSSR count). The molecule has 1 aliphatic rings. The third-order valence-electron chi connectivity index (χ3n) is 2.57. The zero-order valence-corrected chi connectivity index (χ0v) is 8.16. The topological polar surface area (TPSA) is 66.9 Å². The van der Waals surface area contributed by atoms with E-state index >= 15 is 0 Å². The second-order valence-corrected chi connectivity index (χ2v) is 3.56. The second kappa shape index (κ2) is 3.58. The first-order valence-corrected chi connectivity index (χ1v) is 4.74. The largest absolute Gasteiger partial charge is 0.366 e. The SMILES string of the molecule is N#Cc1ccc2c(c1)/C(=C\C(N)=O)CC2. The van der Waals surface area contributed by atoms with Crippen LogP contribution in [0.5, 0.6) is 0 Å². The van der Waals surface area contributed by atoms with Gasteiger partial charge in [0.1, 0.15) is 0 Å². The van der Waals surface area contributed by atoms with Crippen LogP contribution >= 0.6 is 0 Å². The fourth-order valence-corrected chi connectivity index (χ4v) is 1.89. The highest BCUT2D eigenvalue weighted by Gasteiger charge is 2.16. The van der Waals surface area contributed by atoms with Gasteiger partial charge in [-0.15, -0.1) is 0 Å². The Labute approximate surface area is 87.8 Å². The first-order chi connectivity index (χ1) is 7.20. The summed E-state index contributed by atoms with van der Waals surface area (Å²) in [6.45, 7) is 0. The van der Waals surface area contributed by atoms with E-state index < -0.39 is 5.91 Å². The molecule has 0 aliphatic heterocycles. The maximum atomic E-state index is 10.8. The van der Waals surface area contributed by atoms with Gasteiger partial charge in [-0.25, -0.2) is 0 Å². The molecule has 1 aromatic rings. The molecule has 1 aromatic carbocycles. The average Bonchev–Trinajstić information content (AvgIpc) is 2.60. The van der Waals surface area contributed by atoms with Gasteiger partial charge in [-0.2, -0.15) is 5.26 Å². The highest BCUT2D eigenvalue weighted by atomic mass is 16.1. The van der Waals surface area contributed by atoms with Crippen LogP contribution in [0.3, 0.4) is 0 Å². The number of aryl methyl sites for hydroxylation is 1. The van der Waals surface area contributed by atoms with Gasteiger partial charge in [0.25, 0.3) is 0 Å². The average molecular weight is 198 g/mol. The van der Waals surface area contributed by atoms with Crippen LogP contribution in [0.25, 0.3) is 5.57 Å². The predicted octanol–water partition coefficient (Wildman–Crippen LogP) is 1.37. The molecule has 0 atom stereocenters. The zero-order chi connectivity index (χ0) is 10.8. The Kier molecular flexibility index (Phi) is 2.26. The van der Waals surface area contributed by atoms with E-state index in [0.29, 0.717) is 5.56 Å². The van der Waals surface area contributed by atoms with Gasteiger partial charge in [-0.1, -0.05) is 6.07 Å². The summed E-state index contributed by atoms with van der Waals surface area (Å²) >= 11 is 0. The molecule has 74 valence electrons. The fourth-order valence-electron chi connectivity index (χ4n) is 1.89. The fraction of sp³-hybridized carbons (Fsp3) is 0.167. The van der Waals surface area contributed by atoms with Gasteiger partial charge in [-0.05, 0) is 41.7 Å². The molecule has 1 aliphatic carbocycles. The minimum absolute atomic E-state index is 0.430. The van der Waals surface area contributed by atoms with Crippen LogP contribution in [-0.4, -0.2) is 5.91 Å². The lowest BCUT2D eigenvalue weighted by molar-refractivity contribution is -0.113. The quantitative estimate of drug-likeness (QED) is 0.692. The van der Waals surface area contributed by atoms with Crippen LogP contribution in [0, 0.1) is 11.3 Å². The maximum Gasteiger partial charge on any atom is 0.241 e. The molecule has 0 fully saturated rings. The van der Waals surface area contributed by atoms with E-state index in [1.165, 1.54) is 11.6 Å². The van der Waals surface area contributed by atoms with Crippen molar-refractivity contribution < 1.29 is 4.79 Å². The summed E-state index contributed by atoms with van der Waals surface area (Å²) in [6, 6.07) is 7.64. The summed E-state index contributed by atoms with van der Waals surface area (Å²) < 4.78 is 0. The number of carbonyl (C=O) groups is 1. The number of hydrogen-bond acceptors (Lipinski definition) is 2. The summed E-state index contributed by atoms with van der Waals surface area (Å²) in [7, 11) is 0. The van der Waals surface area contributed by atoms with E-state index in [-0.39, 0.29) is 0 Å². The van der Waals surface area contributed by atoms with Crippen LogP contribution < -0.4 is 5.73 Å². The molecule has 2 N–H and O–H groups in total. The van der Waals surface area contributed by atoms with Gasteiger partial charge in [0.2, 0.25) is 5.91 Å². The molecule has 0 bridgehead atoms. The summed E-state index contributed by atoms with van der Waals surface area (Å²) in [4.78, 5) is 10.8. The van der Waals surface area contributed by atoms with Crippen molar-refractivity contribution >= 4 is 11.5 Å². The summed E-state index contributed by atoms with van der Waals surface area (Å²) in [5.41, 5.74) is 8.85. The number of fused-ring (bicyclic) bond motifs is 1. The summed E-state index contributed by atoms with van der Waals surface area (Å²) in [6.07, 6.45) is 3.19. The second-order valence-electron chi connectivity index (χ2n) is 3.56. The van der Waals surface area contributed by atoms with Crippen molar-refractivity contribution in [2.75, 3.05) is 0 Å². The molecular weight excluding hydrogens is 188 g/mol. The van der Waals surface area contributed by atoms with Crippen LogP contribution in [0.2, 0.25) is 0 Å². The Balaban J connectivity index is 2.50. The Morgan fingerprint density at radius 2 is 2.27 bits per heavy atom. The van der Waals surface area contributed by atoms with E-state index in [9.17, 15) is 4.79 Å². The number of carbonyl (C=O) groups excluding carboxylic acids is 1. The normalized spacial score (nSPS) is 16.1.